The highest BCUT2D eigenvalue weighted by molar-refractivity contribution is 14.0. The van der Waals surface area contributed by atoms with E-state index in [0.29, 0.717) is 24.9 Å². The van der Waals surface area contributed by atoms with E-state index in [-0.39, 0.29) is 29.9 Å². The molecule has 0 spiro atoms. The molecule has 0 bridgehead atoms. The molecule has 0 aromatic heterocycles. The van der Waals surface area contributed by atoms with E-state index in [0.717, 1.165) is 51.8 Å². The molecular weight excluding hydrogens is 457 g/mol. The summed E-state index contributed by atoms with van der Waals surface area (Å²) < 4.78 is 5.51. The van der Waals surface area contributed by atoms with Gasteiger partial charge in [-0.25, -0.2) is 0 Å². The molecule has 0 aromatic carbocycles. The Morgan fingerprint density at radius 1 is 1.07 bits per heavy atom. The van der Waals surface area contributed by atoms with Crippen LogP contribution in [0.3, 0.4) is 0 Å². The lowest BCUT2D eigenvalue weighted by Crippen LogP contribution is -2.53. The Bertz CT molecular complexity index is 413. The van der Waals surface area contributed by atoms with Crippen LogP contribution in [0.25, 0.3) is 0 Å². The summed E-state index contributed by atoms with van der Waals surface area (Å²) in [5, 5.41) is 9.59. The first-order chi connectivity index (χ1) is 12.7. The number of aliphatic imine (C=N–C) groups is 1. The number of hydrogen-bond acceptors (Lipinski definition) is 4. The van der Waals surface area contributed by atoms with Gasteiger partial charge in [-0.1, -0.05) is 33.6 Å². The van der Waals surface area contributed by atoms with Crippen molar-refractivity contribution in [3.8, 4) is 0 Å². The monoisotopic (exact) mass is 497 g/mol. The van der Waals surface area contributed by atoms with Crippen molar-refractivity contribution >= 4 is 35.8 Å². The quantitative estimate of drug-likeness (QED) is 0.231. The van der Waals surface area contributed by atoms with Crippen molar-refractivity contribution in [3.63, 3.8) is 0 Å². The first-order valence-electron chi connectivity index (χ1n) is 10.2. The van der Waals surface area contributed by atoms with Gasteiger partial charge in [0.25, 0.3) is 0 Å². The molecule has 1 rings (SSSR count). The summed E-state index contributed by atoms with van der Waals surface area (Å²) in [6.07, 6.45) is 3.76. The first-order valence-corrected chi connectivity index (χ1v) is 10.2. The summed E-state index contributed by atoms with van der Waals surface area (Å²) in [6, 6.07) is 0.473. The molecule has 27 heavy (non-hydrogen) atoms. The average molecular weight is 497 g/mol. The maximum Gasteiger partial charge on any atom is 0.221 e. The third-order valence-corrected chi connectivity index (χ3v) is 5.03. The molecular formula is C19H40IN5O2. The highest BCUT2D eigenvalue weighted by atomic mass is 127. The van der Waals surface area contributed by atoms with E-state index in [1.807, 2.05) is 0 Å². The molecule has 1 aliphatic heterocycles. The largest absolute Gasteiger partial charge is 0.379 e. The number of morpholine rings is 1. The Morgan fingerprint density at radius 3 is 2.30 bits per heavy atom. The lowest BCUT2D eigenvalue weighted by Gasteiger charge is -2.39. The highest BCUT2D eigenvalue weighted by Gasteiger charge is 2.26. The van der Waals surface area contributed by atoms with Gasteiger partial charge in [0.05, 0.1) is 13.2 Å². The van der Waals surface area contributed by atoms with Gasteiger partial charge in [0.2, 0.25) is 5.91 Å². The zero-order valence-electron chi connectivity index (χ0n) is 17.6. The van der Waals surface area contributed by atoms with E-state index in [1.165, 1.54) is 12.8 Å². The van der Waals surface area contributed by atoms with Gasteiger partial charge in [-0.05, 0) is 12.3 Å². The summed E-state index contributed by atoms with van der Waals surface area (Å²) in [5.41, 5.74) is 0. The number of nitrogens with one attached hydrogen (secondary N) is 3. The van der Waals surface area contributed by atoms with Crippen LogP contribution in [0.1, 0.15) is 46.5 Å². The molecule has 0 aromatic rings. The minimum absolute atomic E-state index is 0. The van der Waals surface area contributed by atoms with Crippen molar-refractivity contribution in [2.24, 2.45) is 10.9 Å². The number of halogens is 1. The zero-order chi connectivity index (χ0) is 19.2. The lowest BCUT2D eigenvalue weighted by atomic mass is 9.92. The number of hydrogen-bond donors (Lipinski definition) is 3. The number of rotatable bonds is 11. The van der Waals surface area contributed by atoms with Gasteiger partial charge in [0, 0.05) is 52.2 Å². The molecule has 1 heterocycles. The van der Waals surface area contributed by atoms with Gasteiger partial charge < -0.3 is 20.7 Å². The van der Waals surface area contributed by atoms with Crippen LogP contribution in [-0.2, 0) is 9.53 Å². The lowest BCUT2D eigenvalue weighted by molar-refractivity contribution is -0.120. The minimum atomic E-state index is 0. The smallest absolute Gasteiger partial charge is 0.221 e. The van der Waals surface area contributed by atoms with E-state index in [2.05, 4.69) is 46.6 Å². The van der Waals surface area contributed by atoms with E-state index in [4.69, 9.17) is 4.74 Å². The van der Waals surface area contributed by atoms with Crippen molar-refractivity contribution in [3.05, 3.63) is 0 Å². The second-order valence-corrected chi connectivity index (χ2v) is 6.77. The fraction of sp³-hybridized carbons (Fsp3) is 0.895. The second-order valence-electron chi connectivity index (χ2n) is 6.77. The zero-order valence-corrected chi connectivity index (χ0v) is 19.9. The van der Waals surface area contributed by atoms with Crippen LogP contribution in [-0.4, -0.2) is 75.8 Å². The molecule has 0 saturated carbocycles. The Hall–Kier alpha value is -0.610. The number of carbonyl (C=O) groups excluding carboxylic acids is 1. The van der Waals surface area contributed by atoms with Gasteiger partial charge in [0.1, 0.15) is 0 Å². The molecule has 0 aliphatic carbocycles. The van der Waals surface area contributed by atoms with Crippen LogP contribution in [0.4, 0.5) is 0 Å². The van der Waals surface area contributed by atoms with Crippen LogP contribution >= 0.6 is 24.0 Å². The topological polar surface area (TPSA) is 78.0 Å². The minimum Gasteiger partial charge on any atom is -0.379 e. The van der Waals surface area contributed by atoms with Gasteiger partial charge in [0.15, 0.2) is 5.96 Å². The van der Waals surface area contributed by atoms with Crippen LogP contribution in [0.15, 0.2) is 4.99 Å². The van der Waals surface area contributed by atoms with E-state index in [9.17, 15) is 4.79 Å². The molecule has 0 radical (unpaired) electrons. The third-order valence-electron chi connectivity index (χ3n) is 5.03. The summed E-state index contributed by atoms with van der Waals surface area (Å²) in [7, 11) is 1.77. The highest BCUT2D eigenvalue weighted by Crippen LogP contribution is 2.19. The summed E-state index contributed by atoms with van der Waals surface area (Å²) in [6.45, 7) is 12.4. The van der Waals surface area contributed by atoms with Gasteiger partial charge in [-0.3, -0.25) is 14.7 Å². The molecule has 1 atom stereocenters. The maximum atomic E-state index is 11.7. The number of ether oxygens (including phenoxy) is 1. The van der Waals surface area contributed by atoms with Crippen molar-refractivity contribution in [1.82, 2.24) is 20.9 Å². The number of nitrogens with zero attached hydrogens (tertiary/aromatic N) is 2. The maximum absolute atomic E-state index is 11.7. The predicted octanol–water partition coefficient (Wildman–Crippen LogP) is 1.82. The van der Waals surface area contributed by atoms with Gasteiger partial charge >= 0.3 is 0 Å². The van der Waals surface area contributed by atoms with Crippen LogP contribution in [0, 0.1) is 5.92 Å². The SMILES string of the molecule is CCCNC(=O)CCNC(=NC)NCC(C(CC)CC)N1CCOCC1.I. The summed E-state index contributed by atoms with van der Waals surface area (Å²) in [5.74, 6) is 1.49. The molecule has 160 valence electrons. The number of amides is 1. The Morgan fingerprint density at radius 2 is 1.74 bits per heavy atom. The molecule has 1 fully saturated rings. The van der Waals surface area contributed by atoms with Crippen molar-refractivity contribution < 1.29 is 9.53 Å². The fourth-order valence-electron chi connectivity index (χ4n) is 3.40. The van der Waals surface area contributed by atoms with E-state index >= 15 is 0 Å². The number of guanidine groups is 1. The normalized spacial score (nSPS) is 16.6. The molecule has 1 amide bonds. The van der Waals surface area contributed by atoms with Crippen molar-refractivity contribution in [2.75, 3.05) is 53.0 Å². The molecule has 1 unspecified atom stereocenters. The summed E-state index contributed by atoms with van der Waals surface area (Å²) in [4.78, 5) is 18.5. The summed E-state index contributed by atoms with van der Waals surface area (Å²) >= 11 is 0. The van der Waals surface area contributed by atoms with Crippen molar-refractivity contribution in [1.29, 1.82) is 0 Å². The van der Waals surface area contributed by atoms with Crippen molar-refractivity contribution in [2.45, 2.75) is 52.5 Å². The fourth-order valence-corrected chi connectivity index (χ4v) is 3.40. The Kier molecular flexibility index (Phi) is 16.0. The van der Waals surface area contributed by atoms with Crippen LogP contribution in [0.5, 0.6) is 0 Å². The van der Waals surface area contributed by atoms with E-state index in [1.54, 1.807) is 7.05 Å². The van der Waals surface area contributed by atoms with Crippen LogP contribution in [0.2, 0.25) is 0 Å². The Balaban J connectivity index is 0.00000676. The average Bonchev–Trinajstić information content (AvgIpc) is 2.68. The molecule has 8 heteroatoms. The molecule has 3 N–H and O–H groups in total. The standard InChI is InChI=1S/C19H39N5O2.HI/c1-5-9-21-18(25)8-10-22-19(20-4)23-15-17(16(6-2)7-3)24-11-13-26-14-12-24;/h16-17H,5-15H2,1-4H3,(H,21,25)(H2,20,22,23);1H. The number of carbonyl (C=O) groups is 1. The van der Waals surface area contributed by atoms with Gasteiger partial charge in [-0.2, -0.15) is 0 Å². The molecule has 7 nitrogen and oxygen atoms in total. The van der Waals surface area contributed by atoms with Crippen LogP contribution < -0.4 is 16.0 Å². The molecule has 1 saturated heterocycles. The van der Waals surface area contributed by atoms with Gasteiger partial charge in [-0.15, -0.1) is 24.0 Å². The Labute approximate surface area is 182 Å². The molecule has 1 aliphatic rings. The van der Waals surface area contributed by atoms with E-state index < -0.39 is 0 Å². The second kappa shape index (κ2) is 16.4. The first kappa shape index (κ1) is 26.4. The predicted molar refractivity (Wildman–Crippen MR) is 123 cm³/mol. The third kappa shape index (κ3) is 10.5.